The summed E-state index contributed by atoms with van der Waals surface area (Å²) in [6.07, 6.45) is 1.58. The lowest BCUT2D eigenvalue weighted by Crippen LogP contribution is -2.41. The highest BCUT2D eigenvalue weighted by atomic mass is 32.2. The number of piperidine rings is 1. The summed E-state index contributed by atoms with van der Waals surface area (Å²) < 4.78 is 27.9. The topological polar surface area (TPSA) is 87.3 Å². The number of hydrogen-bond donors (Lipinski definition) is 3. The number of hydrogen-bond acceptors (Lipinski definition) is 4. The number of benzene rings is 1. The minimum atomic E-state index is -3.65. The summed E-state index contributed by atoms with van der Waals surface area (Å²) in [7, 11) is -3.65. The van der Waals surface area contributed by atoms with Crippen molar-refractivity contribution in [3.8, 4) is 0 Å². The van der Waals surface area contributed by atoms with Crippen LogP contribution in [0.1, 0.15) is 46.1 Å². The Kier molecular flexibility index (Phi) is 5.91. The first-order chi connectivity index (χ1) is 11.5. The number of carbonyl (C=O) groups is 1. The molecule has 2 rings (SSSR count). The Labute approximate surface area is 150 Å². The Morgan fingerprint density at radius 3 is 2.56 bits per heavy atom. The van der Waals surface area contributed by atoms with Crippen LogP contribution < -0.4 is 15.4 Å². The van der Waals surface area contributed by atoms with Crippen molar-refractivity contribution in [3.63, 3.8) is 0 Å². The van der Waals surface area contributed by atoms with E-state index in [-0.39, 0.29) is 16.7 Å². The molecule has 1 aromatic rings. The van der Waals surface area contributed by atoms with E-state index in [0.717, 1.165) is 19.4 Å². The smallest absolute Gasteiger partial charge is 0.241 e. The zero-order valence-electron chi connectivity index (χ0n) is 15.6. The lowest BCUT2D eigenvalue weighted by molar-refractivity contribution is -0.120. The van der Waals surface area contributed by atoms with Crippen LogP contribution in [0.5, 0.6) is 0 Å². The Morgan fingerprint density at radius 1 is 1.28 bits per heavy atom. The molecule has 0 radical (unpaired) electrons. The Hall–Kier alpha value is -1.44. The summed E-state index contributed by atoms with van der Waals surface area (Å²) in [4.78, 5) is 12.7. The van der Waals surface area contributed by atoms with Gasteiger partial charge in [0.2, 0.25) is 15.9 Å². The lowest BCUT2D eigenvalue weighted by Gasteiger charge is -2.27. The van der Waals surface area contributed by atoms with Gasteiger partial charge in [0.25, 0.3) is 0 Å². The number of aryl methyl sites for hydroxylation is 1. The lowest BCUT2D eigenvalue weighted by atomic mass is 9.92. The maximum atomic E-state index is 12.6. The highest BCUT2D eigenvalue weighted by Gasteiger charge is 2.26. The molecular formula is C18H29N3O3S. The van der Waals surface area contributed by atoms with E-state index in [0.29, 0.717) is 17.3 Å². The molecule has 7 heteroatoms. The van der Waals surface area contributed by atoms with Gasteiger partial charge in [-0.1, -0.05) is 6.07 Å². The van der Waals surface area contributed by atoms with Gasteiger partial charge in [-0.25, -0.2) is 13.1 Å². The van der Waals surface area contributed by atoms with Gasteiger partial charge in [0.05, 0.1) is 4.90 Å². The largest absolute Gasteiger partial charge is 0.326 e. The van der Waals surface area contributed by atoms with Crippen LogP contribution in [0.15, 0.2) is 23.1 Å². The second-order valence-electron chi connectivity index (χ2n) is 7.90. The average Bonchev–Trinajstić information content (AvgIpc) is 2.46. The van der Waals surface area contributed by atoms with Gasteiger partial charge in [0.15, 0.2) is 0 Å². The maximum absolute atomic E-state index is 12.6. The van der Waals surface area contributed by atoms with E-state index < -0.39 is 15.6 Å². The number of carbonyl (C=O) groups excluding carboxylic acids is 1. The van der Waals surface area contributed by atoms with E-state index in [1.807, 2.05) is 0 Å². The molecule has 1 aliphatic rings. The molecule has 140 valence electrons. The van der Waals surface area contributed by atoms with Gasteiger partial charge < -0.3 is 10.6 Å². The molecule has 1 aliphatic heterocycles. The molecule has 3 N–H and O–H groups in total. The second kappa shape index (κ2) is 7.43. The fraction of sp³-hybridized carbons (Fsp3) is 0.611. The molecule has 1 saturated heterocycles. The van der Waals surface area contributed by atoms with Crippen LogP contribution in [0.2, 0.25) is 0 Å². The molecule has 1 amide bonds. The van der Waals surface area contributed by atoms with Gasteiger partial charge in [0, 0.05) is 23.2 Å². The molecule has 1 heterocycles. The third-order valence-electron chi connectivity index (χ3n) is 4.18. The fourth-order valence-corrected chi connectivity index (χ4v) is 4.73. The van der Waals surface area contributed by atoms with Crippen molar-refractivity contribution in [2.24, 2.45) is 5.92 Å². The minimum Gasteiger partial charge on any atom is -0.326 e. The summed E-state index contributed by atoms with van der Waals surface area (Å²) in [5.41, 5.74) is 0.580. The summed E-state index contributed by atoms with van der Waals surface area (Å²) >= 11 is 0. The first-order valence-electron chi connectivity index (χ1n) is 8.67. The Morgan fingerprint density at radius 2 is 1.96 bits per heavy atom. The maximum Gasteiger partial charge on any atom is 0.241 e. The summed E-state index contributed by atoms with van der Waals surface area (Å²) in [5.74, 6) is -0.102. The van der Waals surface area contributed by atoms with Gasteiger partial charge in [-0.2, -0.15) is 0 Å². The number of rotatable bonds is 4. The first kappa shape index (κ1) is 19.9. The number of nitrogens with one attached hydrogen (secondary N) is 3. The number of amides is 1. The van der Waals surface area contributed by atoms with Gasteiger partial charge in [0.1, 0.15) is 0 Å². The number of sulfonamides is 1. The monoisotopic (exact) mass is 367 g/mol. The predicted molar refractivity (Wildman–Crippen MR) is 100 cm³/mol. The molecule has 0 saturated carbocycles. The average molecular weight is 368 g/mol. The van der Waals surface area contributed by atoms with Crippen molar-refractivity contribution < 1.29 is 13.2 Å². The van der Waals surface area contributed by atoms with Gasteiger partial charge in [-0.3, -0.25) is 4.79 Å². The molecule has 25 heavy (non-hydrogen) atoms. The molecule has 0 aromatic heterocycles. The molecule has 2 atom stereocenters. The van der Waals surface area contributed by atoms with Crippen LogP contribution in [0, 0.1) is 12.8 Å². The van der Waals surface area contributed by atoms with Crippen LogP contribution in [-0.2, 0) is 14.8 Å². The summed E-state index contributed by atoms with van der Waals surface area (Å²) in [6.45, 7) is 10.0. The third-order valence-corrected chi connectivity index (χ3v) is 6.08. The molecule has 0 spiro atoms. The number of anilines is 1. The van der Waals surface area contributed by atoms with Crippen molar-refractivity contribution in [1.82, 2.24) is 10.0 Å². The minimum absolute atomic E-state index is 0.0506. The van der Waals surface area contributed by atoms with Crippen molar-refractivity contribution in [2.45, 2.75) is 63.9 Å². The molecule has 1 aromatic carbocycles. The first-order valence-corrected chi connectivity index (χ1v) is 10.1. The second-order valence-corrected chi connectivity index (χ2v) is 9.55. The van der Waals surface area contributed by atoms with Crippen LogP contribution in [0.25, 0.3) is 0 Å². The standard InChI is InChI=1S/C18H29N3O3S/c1-12-6-7-15(11-16(12)25(23,24)21-18(3,4)5)20-17(22)14-8-9-19-13(2)10-14/h6-7,11,13-14,19,21H,8-10H2,1-5H3,(H,20,22)/t13-,14-/m0/s1. The SMILES string of the molecule is Cc1ccc(NC(=O)[C@H]2CCN[C@@H](C)C2)cc1S(=O)(=O)NC(C)(C)C. The summed E-state index contributed by atoms with van der Waals surface area (Å²) in [6, 6.07) is 5.31. The van der Waals surface area contributed by atoms with Crippen molar-refractivity contribution in [2.75, 3.05) is 11.9 Å². The van der Waals surface area contributed by atoms with Gasteiger partial charge in [-0.15, -0.1) is 0 Å². The van der Waals surface area contributed by atoms with E-state index in [1.165, 1.54) is 6.07 Å². The van der Waals surface area contributed by atoms with E-state index >= 15 is 0 Å². The highest BCUT2D eigenvalue weighted by Crippen LogP contribution is 2.23. The van der Waals surface area contributed by atoms with E-state index in [4.69, 9.17) is 0 Å². The zero-order chi connectivity index (χ0) is 18.8. The molecular weight excluding hydrogens is 338 g/mol. The zero-order valence-corrected chi connectivity index (χ0v) is 16.5. The molecule has 6 nitrogen and oxygen atoms in total. The molecule has 1 fully saturated rings. The van der Waals surface area contributed by atoms with Gasteiger partial charge >= 0.3 is 0 Å². The Balaban J connectivity index is 2.20. The van der Waals surface area contributed by atoms with Gasteiger partial charge in [-0.05, 0) is 71.7 Å². The van der Waals surface area contributed by atoms with Crippen LogP contribution >= 0.6 is 0 Å². The quantitative estimate of drug-likeness (QED) is 0.763. The Bertz CT molecular complexity index is 738. The highest BCUT2D eigenvalue weighted by molar-refractivity contribution is 7.89. The van der Waals surface area contributed by atoms with E-state index in [9.17, 15) is 13.2 Å². The van der Waals surface area contributed by atoms with Crippen LogP contribution in [0.3, 0.4) is 0 Å². The molecule has 0 bridgehead atoms. The van der Waals surface area contributed by atoms with Crippen LogP contribution in [-0.4, -0.2) is 32.5 Å². The van der Waals surface area contributed by atoms with Crippen molar-refractivity contribution >= 4 is 21.6 Å². The fourth-order valence-electron chi connectivity index (χ4n) is 3.04. The normalized spacial score (nSPS) is 21.8. The van der Waals surface area contributed by atoms with E-state index in [1.54, 1.807) is 39.8 Å². The van der Waals surface area contributed by atoms with Crippen molar-refractivity contribution in [1.29, 1.82) is 0 Å². The van der Waals surface area contributed by atoms with Crippen LogP contribution in [0.4, 0.5) is 5.69 Å². The predicted octanol–water partition coefficient (Wildman–Crippen LogP) is 2.40. The summed E-state index contributed by atoms with van der Waals surface area (Å²) in [5, 5.41) is 6.20. The van der Waals surface area contributed by atoms with Crippen molar-refractivity contribution in [3.05, 3.63) is 23.8 Å². The van der Waals surface area contributed by atoms with E-state index in [2.05, 4.69) is 22.3 Å². The molecule has 0 unspecified atom stereocenters. The molecule has 0 aliphatic carbocycles. The third kappa shape index (κ3) is 5.52.